The number of ether oxygens (including phenoxy) is 1. The van der Waals surface area contributed by atoms with Crippen molar-refractivity contribution in [1.29, 1.82) is 5.26 Å². The first-order chi connectivity index (χ1) is 15.4. The molecule has 7 nitrogen and oxygen atoms in total. The molecule has 32 heavy (non-hydrogen) atoms. The fourth-order valence-corrected chi connectivity index (χ4v) is 5.35. The lowest BCUT2D eigenvalue weighted by Gasteiger charge is -2.39. The Bertz CT molecular complexity index is 1120. The standard InChI is InChI=1S/C22H19ClN2O5S2/c23-12-5-3-11(4-6-12)13-8-15(17-2-1-7-31-17)25-21(14(13)9-24)32-22-20(29)19(28)18(27)16(10-26)30-22/h1-8,16,18-20,22,26-29H,10H2/t16-,18+,19+,20-,22+/m1/s1. The number of aromatic nitrogens is 1. The largest absolute Gasteiger partial charge is 0.394 e. The summed E-state index contributed by atoms with van der Waals surface area (Å²) in [5.41, 5.74) is 1.25. The van der Waals surface area contributed by atoms with Crippen molar-refractivity contribution in [3.8, 4) is 27.8 Å². The van der Waals surface area contributed by atoms with Gasteiger partial charge < -0.3 is 25.2 Å². The van der Waals surface area contributed by atoms with E-state index in [2.05, 4.69) is 11.1 Å². The van der Waals surface area contributed by atoms with Crippen molar-refractivity contribution in [3.05, 3.63) is 58.4 Å². The van der Waals surface area contributed by atoms with Crippen LogP contribution in [0.4, 0.5) is 0 Å². The molecular formula is C22H19ClN2O5S2. The maximum Gasteiger partial charge on any atom is 0.138 e. The smallest absolute Gasteiger partial charge is 0.138 e. The van der Waals surface area contributed by atoms with Crippen molar-refractivity contribution >= 4 is 34.7 Å². The molecule has 0 unspecified atom stereocenters. The molecule has 0 radical (unpaired) electrons. The van der Waals surface area contributed by atoms with E-state index in [0.717, 1.165) is 22.2 Å². The van der Waals surface area contributed by atoms with E-state index >= 15 is 0 Å². The number of thioether (sulfide) groups is 1. The van der Waals surface area contributed by atoms with Crippen LogP contribution in [0, 0.1) is 11.3 Å². The van der Waals surface area contributed by atoms with Gasteiger partial charge in [0.25, 0.3) is 0 Å². The Hall–Kier alpha value is -2.00. The average Bonchev–Trinajstić information content (AvgIpc) is 3.34. The minimum absolute atomic E-state index is 0.273. The summed E-state index contributed by atoms with van der Waals surface area (Å²) in [5, 5.41) is 52.9. The van der Waals surface area contributed by atoms with Gasteiger partial charge in [-0.1, -0.05) is 41.6 Å². The number of aliphatic hydroxyl groups excluding tert-OH is 4. The predicted octanol–water partition coefficient (Wildman–Crippen LogP) is 2.89. The molecular weight excluding hydrogens is 472 g/mol. The zero-order valence-electron chi connectivity index (χ0n) is 16.5. The third kappa shape index (κ3) is 4.55. The Morgan fingerprint density at radius 1 is 1.12 bits per heavy atom. The van der Waals surface area contributed by atoms with Crippen LogP contribution in [0.25, 0.3) is 21.7 Å². The van der Waals surface area contributed by atoms with Crippen molar-refractivity contribution < 1.29 is 25.2 Å². The van der Waals surface area contributed by atoms with Crippen LogP contribution in [0.3, 0.4) is 0 Å². The zero-order chi connectivity index (χ0) is 22.8. The molecule has 1 fully saturated rings. The van der Waals surface area contributed by atoms with E-state index in [1.165, 1.54) is 11.3 Å². The molecule has 5 atom stereocenters. The highest BCUT2D eigenvalue weighted by Gasteiger charge is 2.44. The molecule has 0 aliphatic carbocycles. The second kappa shape index (κ2) is 9.87. The maximum absolute atomic E-state index is 10.5. The molecule has 1 aliphatic heterocycles. The second-order valence-corrected chi connectivity index (χ2v) is 9.62. The topological polar surface area (TPSA) is 127 Å². The molecule has 1 aromatic carbocycles. The quantitative estimate of drug-likeness (QED) is 0.430. The first kappa shape index (κ1) is 23.2. The first-order valence-electron chi connectivity index (χ1n) is 9.65. The molecule has 0 amide bonds. The van der Waals surface area contributed by atoms with E-state index in [-0.39, 0.29) is 5.56 Å². The Labute approximate surface area is 197 Å². The van der Waals surface area contributed by atoms with Crippen molar-refractivity contribution in [2.75, 3.05) is 6.61 Å². The molecule has 4 rings (SSSR count). The Morgan fingerprint density at radius 3 is 2.50 bits per heavy atom. The Balaban J connectivity index is 1.80. The van der Waals surface area contributed by atoms with Gasteiger partial charge in [-0.2, -0.15) is 5.26 Å². The minimum atomic E-state index is -1.51. The lowest BCUT2D eigenvalue weighted by molar-refractivity contribution is -0.205. The number of halogens is 1. The molecule has 1 saturated heterocycles. The van der Waals surface area contributed by atoms with Gasteiger partial charge >= 0.3 is 0 Å². The molecule has 0 saturated carbocycles. The van der Waals surface area contributed by atoms with Gasteiger partial charge in [0.1, 0.15) is 40.9 Å². The van der Waals surface area contributed by atoms with Crippen LogP contribution in [0.1, 0.15) is 5.56 Å². The summed E-state index contributed by atoms with van der Waals surface area (Å²) in [5.74, 6) is 0. The number of pyridine rings is 1. The van der Waals surface area contributed by atoms with E-state index < -0.39 is 36.5 Å². The van der Waals surface area contributed by atoms with E-state index in [9.17, 15) is 25.7 Å². The van der Waals surface area contributed by atoms with Crippen LogP contribution in [0.5, 0.6) is 0 Å². The fourth-order valence-electron chi connectivity index (χ4n) is 3.40. The highest BCUT2D eigenvalue weighted by Crippen LogP contribution is 2.39. The monoisotopic (exact) mass is 490 g/mol. The highest BCUT2D eigenvalue weighted by molar-refractivity contribution is 7.99. The van der Waals surface area contributed by atoms with Crippen LogP contribution in [-0.2, 0) is 4.74 Å². The molecule has 10 heteroatoms. The van der Waals surface area contributed by atoms with Gasteiger partial charge in [0.05, 0.1) is 22.7 Å². The van der Waals surface area contributed by atoms with Gasteiger partial charge in [0, 0.05) is 10.6 Å². The lowest BCUT2D eigenvalue weighted by Crippen LogP contribution is -2.57. The summed E-state index contributed by atoms with van der Waals surface area (Å²) >= 11 is 8.48. The Morgan fingerprint density at radius 2 is 1.88 bits per heavy atom. The maximum atomic E-state index is 10.5. The summed E-state index contributed by atoms with van der Waals surface area (Å²) in [7, 11) is 0. The van der Waals surface area contributed by atoms with Gasteiger partial charge in [-0.3, -0.25) is 0 Å². The van der Waals surface area contributed by atoms with Crippen LogP contribution in [0.15, 0.2) is 52.9 Å². The molecule has 1 aliphatic rings. The minimum Gasteiger partial charge on any atom is -0.394 e. The normalized spacial score (nSPS) is 25.4. The number of hydrogen-bond donors (Lipinski definition) is 4. The summed E-state index contributed by atoms with van der Waals surface area (Å²) in [4.78, 5) is 5.53. The molecule has 4 N–H and O–H groups in total. The highest BCUT2D eigenvalue weighted by atomic mass is 35.5. The molecule has 3 aromatic rings. The van der Waals surface area contributed by atoms with E-state index in [0.29, 0.717) is 21.3 Å². The SMILES string of the molecule is N#Cc1c(-c2ccc(Cl)cc2)cc(-c2cccs2)nc1S[C@@H]1O[C@H](CO)[C@H](O)[C@H](O)[C@H]1O. The summed E-state index contributed by atoms with van der Waals surface area (Å²) < 4.78 is 5.61. The van der Waals surface area contributed by atoms with Crippen molar-refractivity contribution in [2.24, 2.45) is 0 Å². The molecule has 3 heterocycles. The van der Waals surface area contributed by atoms with Crippen LogP contribution in [-0.4, -0.2) is 61.9 Å². The lowest BCUT2D eigenvalue weighted by atomic mass is 10.0. The van der Waals surface area contributed by atoms with Crippen molar-refractivity contribution in [1.82, 2.24) is 4.98 Å². The number of benzene rings is 1. The number of rotatable bonds is 5. The van der Waals surface area contributed by atoms with Gasteiger partial charge in [0.15, 0.2) is 0 Å². The van der Waals surface area contributed by atoms with Gasteiger partial charge in [0.2, 0.25) is 0 Å². The molecule has 166 valence electrons. The summed E-state index contributed by atoms with van der Waals surface area (Å²) in [6.07, 6.45) is -5.47. The summed E-state index contributed by atoms with van der Waals surface area (Å²) in [6.45, 7) is -0.536. The van der Waals surface area contributed by atoms with Crippen LogP contribution < -0.4 is 0 Å². The molecule has 2 aromatic heterocycles. The van der Waals surface area contributed by atoms with Crippen LogP contribution in [0.2, 0.25) is 5.02 Å². The van der Waals surface area contributed by atoms with Gasteiger partial charge in [-0.25, -0.2) is 4.98 Å². The number of hydrogen-bond acceptors (Lipinski definition) is 9. The third-order valence-electron chi connectivity index (χ3n) is 5.10. The first-order valence-corrected chi connectivity index (χ1v) is 11.8. The molecule has 0 bridgehead atoms. The number of aliphatic hydroxyl groups is 4. The zero-order valence-corrected chi connectivity index (χ0v) is 18.9. The van der Waals surface area contributed by atoms with Gasteiger partial charge in [-0.05, 0) is 35.2 Å². The average molecular weight is 491 g/mol. The van der Waals surface area contributed by atoms with E-state index in [4.69, 9.17) is 16.3 Å². The number of thiophene rings is 1. The molecule has 0 spiro atoms. The fraction of sp³-hybridized carbons (Fsp3) is 0.273. The number of nitriles is 1. The van der Waals surface area contributed by atoms with Crippen LogP contribution >= 0.6 is 34.7 Å². The van der Waals surface area contributed by atoms with E-state index in [1.54, 1.807) is 24.3 Å². The summed E-state index contributed by atoms with van der Waals surface area (Å²) in [6, 6.07) is 14.9. The number of nitrogens with zero attached hydrogens (tertiary/aromatic N) is 2. The van der Waals surface area contributed by atoms with Gasteiger partial charge in [-0.15, -0.1) is 11.3 Å². The predicted molar refractivity (Wildman–Crippen MR) is 122 cm³/mol. The van der Waals surface area contributed by atoms with E-state index in [1.807, 2.05) is 23.6 Å². The Kier molecular flexibility index (Phi) is 7.14. The third-order valence-corrected chi connectivity index (χ3v) is 7.39. The second-order valence-electron chi connectivity index (χ2n) is 7.15. The van der Waals surface area contributed by atoms with Crippen molar-refractivity contribution in [2.45, 2.75) is 34.9 Å². The van der Waals surface area contributed by atoms with Crippen molar-refractivity contribution in [3.63, 3.8) is 0 Å².